The van der Waals surface area contributed by atoms with Gasteiger partial charge in [0, 0.05) is 38.8 Å². The van der Waals surface area contributed by atoms with E-state index in [2.05, 4.69) is 0 Å². The molecule has 0 bridgehead atoms. The topological polar surface area (TPSA) is 86.9 Å². The highest BCUT2D eigenvalue weighted by molar-refractivity contribution is 5.95. The Labute approximate surface area is 122 Å². The summed E-state index contributed by atoms with van der Waals surface area (Å²) in [7, 11) is 3.26. The maximum atomic E-state index is 12.0. The third-order valence-electron chi connectivity index (χ3n) is 3.62. The lowest BCUT2D eigenvalue weighted by atomic mass is 10.1. The number of β-amino-alcohol motifs (C(OH)–C–C–N with tert-alkyl or cyclic N) is 1. The van der Waals surface area contributed by atoms with Crippen molar-refractivity contribution in [2.75, 3.05) is 32.1 Å². The second-order valence-electron chi connectivity index (χ2n) is 5.83. The molecule has 0 spiro atoms. The molecule has 7 nitrogen and oxygen atoms in total. The lowest BCUT2D eigenvalue weighted by Crippen LogP contribution is -2.30. The van der Waals surface area contributed by atoms with Crippen molar-refractivity contribution in [1.82, 2.24) is 4.90 Å². The molecular formula is C14H19N3O4. The second-order valence-corrected chi connectivity index (χ2v) is 5.83. The van der Waals surface area contributed by atoms with Crippen LogP contribution in [0.5, 0.6) is 0 Å². The number of hydrogen-bond donors (Lipinski definition) is 1. The minimum Gasteiger partial charge on any atom is -0.388 e. The largest absolute Gasteiger partial charge is 0.388 e. The molecule has 0 aliphatic carbocycles. The summed E-state index contributed by atoms with van der Waals surface area (Å²) in [5.41, 5.74) is -0.143. The molecule has 0 aromatic heterocycles. The lowest BCUT2D eigenvalue weighted by molar-refractivity contribution is -0.384. The molecule has 1 amide bonds. The van der Waals surface area contributed by atoms with Gasteiger partial charge in [-0.05, 0) is 25.5 Å². The minimum absolute atomic E-state index is 0.0528. The highest BCUT2D eigenvalue weighted by Gasteiger charge is 2.34. The molecule has 0 radical (unpaired) electrons. The zero-order chi connectivity index (χ0) is 15.8. The molecule has 1 aromatic rings. The Hall–Kier alpha value is -2.15. The molecule has 1 saturated heterocycles. The molecule has 1 aromatic carbocycles. The van der Waals surface area contributed by atoms with Gasteiger partial charge in [-0.15, -0.1) is 0 Å². The highest BCUT2D eigenvalue weighted by Crippen LogP contribution is 2.34. The number of benzene rings is 1. The molecule has 1 N–H and O–H groups in total. The van der Waals surface area contributed by atoms with Gasteiger partial charge in [-0.25, -0.2) is 0 Å². The van der Waals surface area contributed by atoms with Gasteiger partial charge in [0.25, 0.3) is 11.6 Å². The fourth-order valence-corrected chi connectivity index (χ4v) is 2.47. The molecule has 114 valence electrons. The molecule has 1 unspecified atom stereocenters. The Morgan fingerprint density at radius 3 is 2.62 bits per heavy atom. The number of nitro groups is 1. The summed E-state index contributed by atoms with van der Waals surface area (Å²) < 4.78 is 0. The fourth-order valence-electron chi connectivity index (χ4n) is 2.47. The Morgan fingerprint density at radius 2 is 2.14 bits per heavy atom. The van der Waals surface area contributed by atoms with Gasteiger partial charge in [0.15, 0.2) is 0 Å². The Bertz CT molecular complexity index is 584. The number of nitrogens with zero attached hydrogens (tertiary/aromatic N) is 3. The van der Waals surface area contributed by atoms with Crippen LogP contribution < -0.4 is 4.90 Å². The number of anilines is 1. The third kappa shape index (κ3) is 3.13. The lowest BCUT2D eigenvalue weighted by Gasteiger charge is -2.21. The first-order chi connectivity index (χ1) is 9.71. The van der Waals surface area contributed by atoms with Gasteiger partial charge in [0.1, 0.15) is 5.69 Å². The zero-order valence-electron chi connectivity index (χ0n) is 12.4. The van der Waals surface area contributed by atoms with Crippen LogP contribution in [0.4, 0.5) is 11.4 Å². The zero-order valence-corrected chi connectivity index (χ0v) is 12.4. The average Bonchev–Trinajstić information content (AvgIpc) is 2.77. The summed E-state index contributed by atoms with van der Waals surface area (Å²) in [6.45, 7) is 2.54. The Kier molecular flexibility index (Phi) is 3.87. The first-order valence-electron chi connectivity index (χ1n) is 6.69. The van der Waals surface area contributed by atoms with Gasteiger partial charge in [-0.1, -0.05) is 0 Å². The molecule has 1 atom stereocenters. The van der Waals surface area contributed by atoms with Crippen molar-refractivity contribution in [2.24, 2.45) is 0 Å². The first-order valence-corrected chi connectivity index (χ1v) is 6.69. The van der Waals surface area contributed by atoms with Gasteiger partial charge in [-0.2, -0.15) is 0 Å². The SMILES string of the molecule is CN(C)C(=O)c1ccc([N+](=O)[O-])c(N2CCC(C)(O)C2)c1. The molecule has 1 heterocycles. The molecule has 1 aliphatic rings. The molecule has 7 heteroatoms. The van der Waals surface area contributed by atoms with Gasteiger partial charge in [0.05, 0.1) is 10.5 Å². The Morgan fingerprint density at radius 1 is 1.48 bits per heavy atom. The average molecular weight is 293 g/mol. The van der Waals surface area contributed by atoms with Crippen molar-refractivity contribution in [1.29, 1.82) is 0 Å². The number of carbonyl (C=O) groups is 1. The van der Waals surface area contributed by atoms with Gasteiger partial charge >= 0.3 is 0 Å². The van der Waals surface area contributed by atoms with E-state index in [1.54, 1.807) is 25.9 Å². The van der Waals surface area contributed by atoms with Crippen LogP contribution in [0.2, 0.25) is 0 Å². The van der Waals surface area contributed by atoms with E-state index in [0.717, 1.165) is 0 Å². The van der Waals surface area contributed by atoms with E-state index in [4.69, 9.17) is 0 Å². The smallest absolute Gasteiger partial charge is 0.292 e. The number of nitro benzene ring substituents is 1. The summed E-state index contributed by atoms with van der Waals surface area (Å²) in [5, 5.41) is 21.2. The quantitative estimate of drug-likeness (QED) is 0.669. The predicted molar refractivity (Wildman–Crippen MR) is 78.6 cm³/mol. The van der Waals surface area contributed by atoms with E-state index >= 15 is 0 Å². The number of hydrogen-bond acceptors (Lipinski definition) is 5. The molecule has 21 heavy (non-hydrogen) atoms. The second kappa shape index (κ2) is 5.33. The number of rotatable bonds is 3. The normalized spacial score (nSPS) is 21.4. The van der Waals surface area contributed by atoms with Gasteiger partial charge in [-0.3, -0.25) is 14.9 Å². The third-order valence-corrected chi connectivity index (χ3v) is 3.62. The maximum Gasteiger partial charge on any atom is 0.292 e. The summed E-state index contributed by atoms with van der Waals surface area (Å²) in [6, 6.07) is 4.33. The predicted octanol–water partition coefficient (Wildman–Crippen LogP) is 1.26. The van der Waals surface area contributed by atoms with E-state index in [9.17, 15) is 20.0 Å². The highest BCUT2D eigenvalue weighted by atomic mass is 16.6. The van der Waals surface area contributed by atoms with E-state index in [-0.39, 0.29) is 11.6 Å². The van der Waals surface area contributed by atoms with Crippen LogP contribution in [-0.2, 0) is 0 Å². The Balaban J connectivity index is 2.43. The summed E-state index contributed by atoms with van der Waals surface area (Å²) in [6.07, 6.45) is 0.538. The molecular weight excluding hydrogens is 274 g/mol. The molecule has 1 aliphatic heterocycles. The first kappa shape index (κ1) is 15.2. The van der Waals surface area contributed by atoms with Crippen LogP contribution in [0.3, 0.4) is 0 Å². The van der Waals surface area contributed by atoms with E-state index in [0.29, 0.717) is 30.8 Å². The van der Waals surface area contributed by atoms with E-state index in [1.165, 1.54) is 23.1 Å². The standard InChI is InChI=1S/C14H19N3O4/c1-14(19)6-7-16(9-14)12-8-10(13(18)15(2)3)4-5-11(12)17(20)21/h4-5,8,19H,6-7,9H2,1-3H3. The number of amides is 1. The molecule has 1 fully saturated rings. The maximum absolute atomic E-state index is 12.0. The van der Waals surface area contributed by atoms with Gasteiger partial charge < -0.3 is 14.9 Å². The van der Waals surface area contributed by atoms with Crippen LogP contribution >= 0.6 is 0 Å². The van der Waals surface area contributed by atoms with Gasteiger partial charge in [0.2, 0.25) is 0 Å². The van der Waals surface area contributed by atoms with Crippen molar-refractivity contribution in [3.63, 3.8) is 0 Å². The van der Waals surface area contributed by atoms with Crippen molar-refractivity contribution >= 4 is 17.3 Å². The minimum atomic E-state index is -0.866. The van der Waals surface area contributed by atoms with Crippen LogP contribution in [0.1, 0.15) is 23.7 Å². The monoisotopic (exact) mass is 293 g/mol. The van der Waals surface area contributed by atoms with Crippen molar-refractivity contribution in [3.05, 3.63) is 33.9 Å². The van der Waals surface area contributed by atoms with E-state index in [1.807, 2.05) is 0 Å². The van der Waals surface area contributed by atoms with Crippen LogP contribution in [0.25, 0.3) is 0 Å². The summed E-state index contributed by atoms with van der Waals surface area (Å²) in [5.74, 6) is -0.211. The summed E-state index contributed by atoms with van der Waals surface area (Å²) >= 11 is 0. The van der Waals surface area contributed by atoms with Crippen molar-refractivity contribution in [2.45, 2.75) is 18.9 Å². The van der Waals surface area contributed by atoms with Crippen LogP contribution in [0.15, 0.2) is 18.2 Å². The van der Waals surface area contributed by atoms with Crippen molar-refractivity contribution in [3.8, 4) is 0 Å². The van der Waals surface area contributed by atoms with Crippen LogP contribution in [-0.4, -0.2) is 53.6 Å². The summed E-state index contributed by atoms with van der Waals surface area (Å²) in [4.78, 5) is 25.9. The number of aliphatic hydroxyl groups is 1. The van der Waals surface area contributed by atoms with Crippen molar-refractivity contribution < 1.29 is 14.8 Å². The molecule has 0 saturated carbocycles. The number of carbonyl (C=O) groups excluding carboxylic acids is 1. The van der Waals surface area contributed by atoms with Crippen LogP contribution in [0, 0.1) is 10.1 Å². The molecule has 2 rings (SSSR count). The fraction of sp³-hybridized carbons (Fsp3) is 0.500. The van der Waals surface area contributed by atoms with E-state index < -0.39 is 10.5 Å².